The number of hydrogen-bond donors (Lipinski definition) is 2. The van der Waals surface area contributed by atoms with E-state index in [4.69, 9.17) is 16.7 Å². The number of unbranched alkanes of at least 4 members (excludes halogenated alkanes) is 1. The van der Waals surface area contributed by atoms with E-state index < -0.39 is 17.9 Å². The molecule has 1 atom stereocenters. The van der Waals surface area contributed by atoms with Crippen LogP contribution in [0.25, 0.3) is 0 Å². The van der Waals surface area contributed by atoms with Crippen LogP contribution in [0, 0.1) is 0 Å². The lowest BCUT2D eigenvalue weighted by Crippen LogP contribution is -2.40. The largest absolute Gasteiger partial charge is 0.480 e. The number of carboxylic acids is 1. The smallest absolute Gasteiger partial charge is 0.326 e. The van der Waals surface area contributed by atoms with Crippen LogP contribution in [0.1, 0.15) is 36.5 Å². The third-order valence-corrected chi connectivity index (χ3v) is 3.23. The second kappa shape index (κ2) is 7.45. The van der Waals surface area contributed by atoms with Crippen molar-refractivity contribution in [2.45, 2.75) is 32.2 Å². The van der Waals surface area contributed by atoms with E-state index in [0.29, 0.717) is 10.9 Å². The van der Waals surface area contributed by atoms with Gasteiger partial charge in [0.1, 0.15) is 11.2 Å². The summed E-state index contributed by atoms with van der Waals surface area (Å²) < 4.78 is 0.600. The first-order valence-corrected chi connectivity index (χ1v) is 6.97. The van der Waals surface area contributed by atoms with Crippen molar-refractivity contribution >= 4 is 39.4 Å². The molecule has 1 amide bonds. The molecule has 1 unspecified atom stereocenters. The highest BCUT2D eigenvalue weighted by atomic mass is 79.9. The van der Waals surface area contributed by atoms with E-state index in [2.05, 4.69) is 26.2 Å². The maximum atomic E-state index is 12.0. The standard InChI is InChI=1S/C12H14BrClN2O3/c1-2-3-4-9(12(18)19)16-11(17)8-5-7(13)6-15-10(8)14/h5-6,9H,2-4H2,1H3,(H,16,17)(H,18,19). The molecule has 0 aromatic carbocycles. The molecule has 1 heterocycles. The summed E-state index contributed by atoms with van der Waals surface area (Å²) in [7, 11) is 0. The van der Waals surface area contributed by atoms with Gasteiger partial charge >= 0.3 is 5.97 Å². The fraction of sp³-hybridized carbons (Fsp3) is 0.417. The fourth-order valence-corrected chi connectivity index (χ4v) is 2.00. The van der Waals surface area contributed by atoms with Crippen molar-refractivity contribution < 1.29 is 14.7 Å². The van der Waals surface area contributed by atoms with Crippen molar-refractivity contribution in [1.29, 1.82) is 0 Å². The van der Waals surface area contributed by atoms with Gasteiger partial charge in [-0.1, -0.05) is 31.4 Å². The average molecular weight is 350 g/mol. The number of hydrogen-bond acceptors (Lipinski definition) is 3. The van der Waals surface area contributed by atoms with Crippen LogP contribution in [-0.4, -0.2) is 28.0 Å². The molecule has 0 radical (unpaired) electrons. The molecule has 1 rings (SSSR count). The Morgan fingerprint density at radius 2 is 2.26 bits per heavy atom. The van der Waals surface area contributed by atoms with Gasteiger partial charge in [-0.15, -0.1) is 0 Å². The highest BCUT2D eigenvalue weighted by molar-refractivity contribution is 9.10. The minimum absolute atomic E-state index is 0.0420. The number of halogens is 2. The number of rotatable bonds is 6. The van der Waals surface area contributed by atoms with E-state index in [-0.39, 0.29) is 10.7 Å². The third-order valence-electron chi connectivity index (χ3n) is 2.50. The molecular formula is C12H14BrClN2O3. The van der Waals surface area contributed by atoms with Gasteiger partial charge in [0.05, 0.1) is 5.56 Å². The first-order chi connectivity index (χ1) is 8.95. The van der Waals surface area contributed by atoms with Crippen LogP contribution < -0.4 is 5.32 Å². The Balaban J connectivity index is 2.81. The number of nitrogens with zero attached hydrogens (tertiary/aromatic N) is 1. The molecule has 0 fully saturated rings. The molecule has 7 heteroatoms. The molecule has 5 nitrogen and oxygen atoms in total. The van der Waals surface area contributed by atoms with Gasteiger partial charge in [0, 0.05) is 10.7 Å². The quantitative estimate of drug-likeness (QED) is 0.774. The molecule has 0 aliphatic heterocycles. The van der Waals surface area contributed by atoms with Crippen molar-refractivity contribution in [3.05, 3.63) is 27.5 Å². The number of carboxylic acid groups (broad SMARTS) is 1. The Morgan fingerprint density at radius 3 is 2.84 bits per heavy atom. The van der Waals surface area contributed by atoms with Crippen LogP contribution in [0.3, 0.4) is 0 Å². The number of aromatic nitrogens is 1. The number of amides is 1. The van der Waals surface area contributed by atoms with E-state index in [1.54, 1.807) is 0 Å². The Bertz CT molecular complexity index is 482. The fourth-order valence-electron chi connectivity index (χ4n) is 1.48. The predicted molar refractivity (Wildman–Crippen MR) is 75.4 cm³/mol. The second-order valence-electron chi connectivity index (χ2n) is 4.00. The summed E-state index contributed by atoms with van der Waals surface area (Å²) >= 11 is 9.00. The Morgan fingerprint density at radius 1 is 1.58 bits per heavy atom. The molecule has 1 aromatic rings. The van der Waals surface area contributed by atoms with Crippen LogP contribution in [0.5, 0.6) is 0 Å². The molecule has 0 saturated carbocycles. The summed E-state index contributed by atoms with van der Waals surface area (Å²) in [6, 6.07) is 0.589. The van der Waals surface area contributed by atoms with Crippen LogP contribution in [-0.2, 0) is 4.79 Å². The lowest BCUT2D eigenvalue weighted by molar-refractivity contribution is -0.139. The molecule has 1 aromatic heterocycles. The number of aliphatic carboxylic acids is 1. The van der Waals surface area contributed by atoms with Crippen LogP contribution in [0.2, 0.25) is 5.15 Å². The molecule has 0 spiro atoms. The van der Waals surface area contributed by atoms with Gasteiger partial charge in [-0.2, -0.15) is 0 Å². The lowest BCUT2D eigenvalue weighted by Gasteiger charge is -2.14. The minimum Gasteiger partial charge on any atom is -0.480 e. The monoisotopic (exact) mass is 348 g/mol. The van der Waals surface area contributed by atoms with Crippen LogP contribution in [0.15, 0.2) is 16.7 Å². The Kier molecular flexibility index (Phi) is 6.24. The van der Waals surface area contributed by atoms with E-state index >= 15 is 0 Å². The number of pyridine rings is 1. The van der Waals surface area contributed by atoms with Crippen molar-refractivity contribution in [2.75, 3.05) is 0 Å². The zero-order valence-corrected chi connectivity index (χ0v) is 12.7. The summed E-state index contributed by atoms with van der Waals surface area (Å²) in [5, 5.41) is 11.5. The molecule has 0 aliphatic rings. The highest BCUT2D eigenvalue weighted by Crippen LogP contribution is 2.18. The zero-order chi connectivity index (χ0) is 14.4. The number of nitrogens with one attached hydrogen (secondary N) is 1. The summed E-state index contributed by atoms with van der Waals surface area (Å²) in [6.07, 6.45) is 3.43. The molecule has 0 aliphatic carbocycles. The number of carbonyl (C=O) groups excluding carboxylic acids is 1. The molecule has 0 bridgehead atoms. The Labute approximate surface area is 124 Å². The van der Waals surface area contributed by atoms with Crippen LogP contribution in [0.4, 0.5) is 0 Å². The van der Waals surface area contributed by atoms with E-state index in [1.807, 2.05) is 6.92 Å². The van der Waals surface area contributed by atoms with Crippen molar-refractivity contribution in [3.8, 4) is 0 Å². The van der Waals surface area contributed by atoms with E-state index in [0.717, 1.165) is 12.8 Å². The topological polar surface area (TPSA) is 79.3 Å². The number of carbonyl (C=O) groups is 2. The van der Waals surface area contributed by atoms with Crippen molar-refractivity contribution in [3.63, 3.8) is 0 Å². The van der Waals surface area contributed by atoms with Gasteiger partial charge < -0.3 is 10.4 Å². The maximum Gasteiger partial charge on any atom is 0.326 e. The predicted octanol–water partition coefficient (Wildman–Crippen LogP) is 2.87. The van der Waals surface area contributed by atoms with Gasteiger partial charge in [-0.05, 0) is 28.4 Å². The zero-order valence-electron chi connectivity index (χ0n) is 10.3. The summed E-state index contributed by atoms with van der Waals surface area (Å²) in [4.78, 5) is 26.9. The molecular weight excluding hydrogens is 336 g/mol. The SMILES string of the molecule is CCCCC(NC(=O)c1cc(Br)cnc1Cl)C(=O)O. The summed E-state index contributed by atoms with van der Waals surface area (Å²) in [5.74, 6) is -1.59. The lowest BCUT2D eigenvalue weighted by atomic mass is 10.1. The molecule has 2 N–H and O–H groups in total. The molecule has 0 saturated heterocycles. The normalized spacial score (nSPS) is 11.9. The minimum atomic E-state index is -1.05. The van der Waals surface area contributed by atoms with Gasteiger partial charge in [0.2, 0.25) is 0 Å². The Hall–Kier alpha value is -1.14. The highest BCUT2D eigenvalue weighted by Gasteiger charge is 2.21. The van der Waals surface area contributed by atoms with Gasteiger partial charge in [0.25, 0.3) is 5.91 Å². The van der Waals surface area contributed by atoms with Crippen molar-refractivity contribution in [2.24, 2.45) is 0 Å². The van der Waals surface area contributed by atoms with E-state index in [9.17, 15) is 9.59 Å². The first kappa shape index (κ1) is 15.9. The average Bonchev–Trinajstić information content (AvgIpc) is 2.36. The van der Waals surface area contributed by atoms with Crippen LogP contribution >= 0.6 is 27.5 Å². The first-order valence-electron chi connectivity index (χ1n) is 5.80. The van der Waals surface area contributed by atoms with Gasteiger partial charge in [0.15, 0.2) is 0 Å². The summed E-state index contributed by atoms with van der Waals surface area (Å²) in [5.41, 5.74) is 0.152. The summed E-state index contributed by atoms with van der Waals surface area (Å²) in [6.45, 7) is 1.95. The van der Waals surface area contributed by atoms with E-state index in [1.165, 1.54) is 12.3 Å². The molecule has 104 valence electrons. The second-order valence-corrected chi connectivity index (χ2v) is 5.27. The van der Waals surface area contributed by atoms with Gasteiger partial charge in [-0.3, -0.25) is 4.79 Å². The van der Waals surface area contributed by atoms with Gasteiger partial charge in [-0.25, -0.2) is 9.78 Å². The molecule has 19 heavy (non-hydrogen) atoms. The maximum absolute atomic E-state index is 12.0. The third kappa shape index (κ3) is 4.80. The van der Waals surface area contributed by atoms with Crippen molar-refractivity contribution in [1.82, 2.24) is 10.3 Å².